The molecule has 0 bridgehead atoms. The molecular weight excluding hydrogens is 232 g/mol. The van der Waals surface area contributed by atoms with Gasteiger partial charge in [-0.15, -0.1) is 0 Å². The second-order valence-corrected chi connectivity index (χ2v) is 5.76. The smallest absolute Gasteiger partial charge is 0.0765 e. The summed E-state index contributed by atoms with van der Waals surface area (Å²) >= 11 is 6.18. The van der Waals surface area contributed by atoms with E-state index in [2.05, 4.69) is 19.2 Å². The van der Waals surface area contributed by atoms with Crippen LogP contribution in [0.2, 0.25) is 5.02 Å². The molecule has 2 nitrogen and oxygen atoms in total. The van der Waals surface area contributed by atoms with Gasteiger partial charge in [0.25, 0.3) is 0 Å². The van der Waals surface area contributed by atoms with Crippen LogP contribution in [0, 0.1) is 11.8 Å². The Labute approximate surface area is 109 Å². The third-order valence-electron chi connectivity index (χ3n) is 3.81. The highest BCUT2D eigenvalue weighted by molar-refractivity contribution is 6.33. The molecule has 1 aromatic carbocycles. The number of hydrogen-bond acceptors (Lipinski definition) is 2. The van der Waals surface area contributed by atoms with Crippen molar-refractivity contribution < 1.29 is 0 Å². The van der Waals surface area contributed by atoms with Crippen molar-refractivity contribution in [3.05, 3.63) is 23.2 Å². The first kappa shape index (κ1) is 12.6. The van der Waals surface area contributed by atoms with Crippen molar-refractivity contribution in [3.63, 3.8) is 0 Å². The molecule has 0 amide bonds. The van der Waals surface area contributed by atoms with Crippen molar-refractivity contribution in [1.82, 2.24) is 0 Å². The van der Waals surface area contributed by atoms with Crippen LogP contribution in [0.5, 0.6) is 0 Å². The second-order valence-electron chi connectivity index (χ2n) is 5.35. The monoisotopic (exact) mass is 252 g/mol. The van der Waals surface area contributed by atoms with Crippen LogP contribution in [0.15, 0.2) is 18.2 Å². The number of rotatable bonds is 2. The number of benzene rings is 1. The van der Waals surface area contributed by atoms with Crippen molar-refractivity contribution in [2.75, 3.05) is 11.1 Å². The molecule has 1 aliphatic rings. The predicted octanol–water partition coefficient (Wildman–Crippen LogP) is 4.16. The summed E-state index contributed by atoms with van der Waals surface area (Å²) in [6.45, 7) is 4.64. The number of nitrogens with two attached hydrogens (primary N) is 1. The first-order chi connectivity index (χ1) is 8.08. The Kier molecular flexibility index (Phi) is 3.82. The van der Waals surface area contributed by atoms with Gasteiger partial charge < -0.3 is 11.1 Å². The molecule has 3 heteroatoms. The Morgan fingerprint density at radius 2 is 2.06 bits per heavy atom. The number of hydrogen-bond donors (Lipinski definition) is 2. The quantitative estimate of drug-likeness (QED) is 0.776. The van der Waals surface area contributed by atoms with E-state index in [0.717, 1.165) is 22.3 Å². The van der Waals surface area contributed by atoms with E-state index in [1.54, 1.807) is 0 Å². The molecule has 0 aliphatic heterocycles. The Hall–Kier alpha value is -0.890. The molecule has 0 heterocycles. The van der Waals surface area contributed by atoms with Gasteiger partial charge in [0.1, 0.15) is 0 Å². The van der Waals surface area contributed by atoms with E-state index in [-0.39, 0.29) is 0 Å². The van der Waals surface area contributed by atoms with Gasteiger partial charge in [0, 0.05) is 6.04 Å². The van der Waals surface area contributed by atoms with Crippen LogP contribution in [0.25, 0.3) is 0 Å². The van der Waals surface area contributed by atoms with E-state index in [9.17, 15) is 0 Å². The van der Waals surface area contributed by atoms with Gasteiger partial charge in [0.15, 0.2) is 0 Å². The van der Waals surface area contributed by atoms with Crippen LogP contribution in [0.4, 0.5) is 11.4 Å². The van der Waals surface area contributed by atoms with Crippen molar-refractivity contribution >= 4 is 23.0 Å². The third kappa shape index (κ3) is 2.86. The zero-order valence-electron chi connectivity index (χ0n) is 10.5. The molecule has 94 valence electrons. The second kappa shape index (κ2) is 5.18. The number of nitrogens with one attached hydrogen (secondary N) is 1. The topological polar surface area (TPSA) is 38.0 Å². The third-order valence-corrected chi connectivity index (χ3v) is 4.12. The maximum absolute atomic E-state index is 6.18. The van der Waals surface area contributed by atoms with Gasteiger partial charge in [-0.1, -0.05) is 31.5 Å². The zero-order valence-corrected chi connectivity index (χ0v) is 11.3. The molecule has 3 unspecified atom stereocenters. The zero-order chi connectivity index (χ0) is 12.4. The van der Waals surface area contributed by atoms with E-state index < -0.39 is 0 Å². The summed E-state index contributed by atoms with van der Waals surface area (Å²) < 4.78 is 0. The minimum absolute atomic E-state index is 0.494. The van der Waals surface area contributed by atoms with Crippen molar-refractivity contribution in [2.24, 2.45) is 11.8 Å². The fourth-order valence-corrected chi connectivity index (χ4v) is 2.99. The fraction of sp³-hybridized carbons (Fsp3) is 0.571. The molecule has 1 saturated carbocycles. The van der Waals surface area contributed by atoms with Crippen LogP contribution in [0.3, 0.4) is 0 Å². The summed E-state index contributed by atoms with van der Waals surface area (Å²) in [6.07, 6.45) is 3.77. The molecule has 2 rings (SSSR count). The summed E-state index contributed by atoms with van der Waals surface area (Å²) in [5.74, 6) is 1.51. The lowest BCUT2D eigenvalue weighted by Gasteiger charge is -2.34. The van der Waals surface area contributed by atoms with Crippen molar-refractivity contribution in [1.29, 1.82) is 0 Å². The molecular formula is C14H21ClN2. The first-order valence-corrected chi connectivity index (χ1v) is 6.76. The molecule has 1 aromatic rings. The highest BCUT2D eigenvalue weighted by Gasteiger charge is 2.25. The molecule has 1 aliphatic carbocycles. The van der Waals surface area contributed by atoms with Crippen LogP contribution in [-0.4, -0.2) is 6.04 Å². The van der Waals surface area contributed by atoms with E-state index in [1.165, 1.54) is 19.3 Å². The van der Waals surface area contributed by atoms with Gasteiger partial charge in [-0.2, -0.15) is 0 Å². The molecule has 3 N–H and O–H groups in total. The normalized spacial score (nSPS) is 29.0. The Bertz CT molecular complexity index is 372. The number of halogens is 1. The summed E-state index contributed by atoms with van der Waals surface area (Å²) in [4.78, 5) is 0. The predicted molar refractivity (Wildman–Crippen MR) is 75.5 cm³/mol. The molecule has 0 spiro atoms. The van der Waals surface area contributed by atoms with Crippen LogP contribution >= 0.6 is 11.6 Å². The Morgan fingerprint density at radius 1 is 1.29 bits per heavy atom. The summed E-state index contributed by atoms with van der Waals surface area (Å²) in [7, 11) is 0. The maximum Gasteiger partial charge on any atom is 0.0765 e. The molecule has 0 radical (unpaired) electrons. The van der Waals surface area contributed by atoms with Gasteiger partial charge in [0.2, 0.25) is 0 Å². The van der Waals surface area contributed by atoms with Gasteiger partial charge in [-0.05, 0) is 43.2 Å². The number of anilines is 2. The van der Waals surface area contributed by atoms with E-state index in [1.807, 2.05) is 18.2 Å². The molecule has 1 fully saturated rings. The van der Waals surface area contributed by atoms with Gasteiger partial charge in [0.05, 0.1) is 16.4 Å². The highest BCUT2D eigenvalue weighted by atomic mass is 35.5. The number of nitrogen functional groups attached to an aromatic ring is 1. The lowest BCUT2D eigenvalue weighted by Crippen LogP contribution is -2.33. The van der Waals surface area contributed by atoms with Crippen LogP contribution < -0.4 is 11.1 Å². The summed E-state index contributed by atoms with van der Waals surface area (Å²) in [5, 5.41) is 4.25. The molecule has 17 heavy (non-hydrogen) atoms. The lowest BCUT2D eigenvalue weighted by atomic mass is 9.80. The average Bonchev–Trinajstić information content (AvgIpc) is 2.26. The molecule has 3 atom stereocenters. The van der Waals surface area contributed by atoms with E-state index >= 15 is 0 Å². The van der Waals surface area contributed by atoms with Crippen LogP contribution in [0.1, 0.15) is 33.1 Å². The largest absolute Gasteiger partial charge is 0.397 e. The van der Waals surface area contributed by atoms with E-state index in [4.69, 9.17) is 17.3 Å². The van der Waals surface area contributed by atoms with Gasteiger partial charge in [-0.25, -0.2) is 0 Å². The Morgan fingerprint density at radius 3 is 2.71 bits per heavy atom. The van der Waals surface area contributed by atoms with Crippen LogP contribution in [-0.2, 0) is 0 Å². The summed E-state index contributed by atoms with van der Waals surface area (Å²) in [5.41, 5.74) is 7.61. The first-order valence-electron chi connectivity index (χ1n) is 6.38. The maximum atomic E-state index is 6.18. The van der Waals surface area contributed by atoms with Crippen molar-refractivity contribution in [3.8, 4) is 0 Å². The van der Waals surface area contributed by atoms with E-state index in [0.29, 0.717) is 12.0 Å². The van der Waals surface area contributed by atoms with Gasteiger partial charge in [-0.3, -0.25) is 0 Å². The lowest BCUT2D eigenvalue weighted by molar-refractivity contribution is 0.276. The summed E-state index contributed by atoms with van der Waals surface area (Å²) in [6, 6.07) is 6.16. The minimum atomic E-state index is 0.494. The highest BCUT2D eigenvalue weighted by Crippen LogP contribution is 2.34. The minimum Gasteiger partial charge on any atom is -0.397 e. The molecule has 0 aromatic heterocycles. The van der Waals surface area contributed by atoms with Gasteiger partial charge >= 0.3 is 0 Å². The van der Waals surface area contributed by atoms with Crippen molar-refractivity contribution in [2.45, 2.75) is 39.2 Å². The fourth-order valence-electron chi connectivity index (χ4n) is 2.76. The SMILES string of the molecule is CC1CCC(Nc2c(N)cccc2Cl)C(C)C1. The average molecular weight is 253 g/mol. The Balaban J connectivity index is 2.10. The number of para-hydroxylation sites is 1. The molecule has 0 saturated heterocycles. The standard InChI is InChI=1S/C14H21ClN2/c1-9-6-7-13(10(2)8-9)17-14-11(15)4-3-5-12(14)16/h3-5,9-10,13,17H,6-8,16H2,1-2H3.